The Morgan fingerprint density at radius 2 is 2.00 bits per heavy atom. The zero-order valence-electron chi connectivity index (χ0n) is 8.58. The van der Waals surface area contributed by atoms with E-state index in [0.29, 0.717) is 24.4 Å². The third-order valence-electron chi connectivity index (χ3n) is 5.35. The molecule has 2 heteroatoms. The van der Waals surface area contributed by atoms with Crippen LogP contribution in [0.15, 0.2) is 0 Å². The molecule has 3 saturated carbocycles. The zero-order chi connectivity index (χ0) is 9.17. The maximum absolute atomic E-state index is 5.80. The normalized spacial score (nSPS) is 60.0. The first-order valence-corrected chi connectivity index (χ1v) is 6.11. The molecule has 14 heavy (non-hydrogen) atoms. The Kier molecular flexibility index (Phi) is 1.47. The largest absolute Gasteiger partial charge is 0.349 e. The van der Waals surface area contributed by atoms with Gasteiger partial charge in [-0.15, -0.1) is 0 Å². The summed E-state index contributed by atoms with van der Waals surface area (Å²) in [5.41, 5.74) is 0.694. The van der Waals surface area contributed by atoms with Crippen LogP contribution in [-0.4, -0.2) is 19.0 Å². The molecular weight excluding hydrogens is 176 g/mol. The van der Waals surface area contributed by atoms with Crippen molar-refractivity contribution in [3.05, 3.63) is 0 Å². The highest BCUT2D eigenvalue weighted by Gasteiger charge is 2.59. The van der Waals surface area contributed by atoms with Crippen molar-refractivity contribution >= 4 is 0 Å². The molecule has 0 radical (unpaired) electrons. The first-order valence-electron chi connectivity index (χ1n) is 6.11. The molecule has 5 unspecified atom stereocenters. The molecule has 4 aliphatic rings. The fourth-order valence-corrected chi connectivity index (χ4v) is 4.77. The van der Waals surface area contributed by atoms with E-state index in [1.54, 1.807) is 0 Å². The van der Waals surface area contributed by atoms with E-state index in [1.807, 2.05) is 0 Å². The van der Waals surface area contributed by atoms with Crippen LogP contribution in [-0.2, 0) is 9.47 Å². The van der Waals surface area contributed by atoms with Crippen molar-refractivity contribution in [2.45, 2.75) is 50.7 Å². The van der Waals surface area contributed by atoms with Crippen LogP contribution >= 0.6 is 0 Å². The molecule has 1 saturated heterocycles. The average molecular weight is 194 g/mol. The van der Waals surface area contributed by atoms with Crippen LogP contribution in [0.2, 0.25) is 0 Å². The highest BCUT2D eigenvalue weighted by atomic mass is 16.7. The van der Waals surface area contributed by atoms with Crippen LogP contribution in [0.5, 0.6) is 0 Å². The first-order chi connectivity index (χ1) is 6.87. The van der Waals surface area contributed by atoms with Gasteiger partial charge < -0.3 is 9.47 Å². The third-order valence-corrected chi connectivity index (χ3v) is 5.35. The lowest BCUT2D eigenvalue weighted by Gasteiger charge is -2.44. The summed E-state index contributed by atoms with van der Waals surface area (Å²) in [4.78, 5) is 0. The van der Waals surface area contributed by atoms with Crippen molar-refractivity contribution < 1.29 is 9.47 Å². The van der Waals surface area contributed by atoms with Gasteiger partial charge in [0.15, 0.2) is 0 Å². The van der Waals surface area contributed by atoms with Crippen molar-refractivity contribution in [1.82, 2.24) is 0 Å². The standard InChI is InChI=1S/C12H18O2/c1-3-12-4-2-10-11(14-7-13-10)9(12)5-8(1)6-12/h8-11H,1-7H2. The molecule has 3 aliphatic carbocycles. The second-order valence-corrected chi connectivity index (χ2v) is 5.81. The zero-order valence-corrected chi connectivity index (χ0v) is 8.58. The van der Waals surface area contributed by atoms with E-state index in [2.05, 4.69) is 0 Å². The van der Waals surface area contributed by atoms with Gasteiger partial charge in [0.2, 0.25) is 0 Å². The molecule has 1 heterocycles. The molecule has 1 aliphatic heterocycles. The van der Waals surface area contributed by atoms with Gasteiger partial charge in [0.25, 0.3) is 0 Å². The maximum Gasteiger partial charge on any atom is 0.147 e. The Hall–Kier alpha value is -0.0800. The second kappa shape index (κ2) is 2.53. The van der Waals surface area contributed by atoms with E-state index in [9.17, 15) is 0 Å². The smallest absolute Gasteiger partial charge is 0.147 e. The van der Waals surface area contributed by atoms with E-state index in [1.165, 1.54) is 38.5 Å². The summed E-state index contributed by atoms with van der Waals surface area (Å²) in [5.74, 6) is 1.88. The number of hydrogen-bond acceptors (Lipinski definition) is 2. The van der Waals surface area contributed by atoms with Crippen LogP contribution in [0.4, 0.5) is 0 Å². The molecule has 0 amide bonds. The van der Waals surface area contributed by atoms with Crippen LogP contribution in [0.3, 0.4) is 0 Å². The minimum Gasteiger partial charge on any atom is -0.349 e. The molecule has 0 aromatic rings. The molecule has 1 spiro atoms. The highest BCUT2D eigenvalue weighted by molar-refractivity contribution is 5.08. The van der Waals surface area contributed by atoms with Crippen molar-refractivity contribution in [2.75, 3.05) is 6.79 Å². The molecule has 2 bridgehead atoms. The van der Waals surface area contributed by atoms with E-state index in [0.717, 1.165) is 11.8 Å². The molecule has 5 atom stereocenters. The molecule has 4 fully saturated rings. The molecule has 0 aromatic heterocycles. The van der Waals surface area contributed by atoms with Gasteiger partial charge >= 0.3 is 0 Å². The Bertz CT molecular complexity index is 265. The highest BCUT2D eigenvalue weighted by Crippen LogP contribution is 2.64. The topological polar surface area (TPSA) is 18.5 Å². The summed E-state index contributed by atoms with van der Waals surface area (Å²) in [7, 11) is 0. The number of ether oxygens (including phenoxy) is 2. The van der Waals surface area contributed by atoms with Gasteiger partial charge in [0.05, 0.1) is 12.2 Å². The van der Waals surface area contributed by atoms with Gasteiger partial charge in [0.1, 0.15) is 6.79 Å². The van der Waals surface area contributed by atoms with Gasteiger partial charge in [-0.25, -0.2) is 0 Å². The van der Waals surface area contributed by atoms with Crippen molar-refractivity contribution in [2.24, 2.45) is 17.3 Å². The fraction of sp³-hybridized carbons (Fsp3) is 1.00. The lowest BCUT2D eigenvalue weighted by Crippen LogP contribution is -2.45. The molecule has 78 valence electrons. The minimum atomic E-state index is 0.449. The monoisotopic (exact) mass is 194 g/mol. The lowest BCUT2D eigenvalue weighted by atomic mass is 9.64. The molecule has 0 N–H and O–H groups in total. The number of fused-ring (bicyclic) bond motifs is 3. The van der Waals surface area contributed by atoms with E-state index in [4.69, 9.17) is 9.47 Å². The number of hydrogen-bond donors (Lipinski definition) is 0. The Balaban J connectivity index is 1.70. The van der Waals surface area contributed by atoms with Crippen LogP contribution in [0.25, 0.3) is 0 Å². The second-order valence-electron chi connectivity index (χ2n) is 5.81. The summed E-state index contributed by atoms with van der Waals surface area (Å²) in [5, 5.41) is 0. The minimum absolute atomic E-state index is 0.449. The summed E-state index contributed by atoms with van der Waals surface area (Å²) < 4.78 is 11.4. The van der Waals surface area contributed by atoms with Gasteiger partial charge in [-0.05, 0) is 55.8 Å². The van der Waals surface area contributed by atoms with Gasteiger partial charge in [0, 0.05) is 0 Å². The predicted octanol–water partition coefficient (Wildman–Crippen LogP) is 2.33. The van der Waals surface area contributed by atoms with E-state index < -0.39 is 0 Å². The van der Waals surface area contributed by atoms with Crippen LogP contribution < -0.4 is 0 Å². The molecular formula is C12H18O2. The molecule has 2 nitrogen and oxygen atoms in total. The first kappa shape index (κ1) is 8.12. The van der Waals surface area contributed by atoms with Gasteiger partial charge in [-0.3, -0.25) is 0 Å². The summed E-state index contributed by atoms with van der Waals surface area (Å²) in [6.07, 6.45) is 9.50. The predicted molar refractivity (Wildman–Crippen MR) is 51.7 cm³/mol. The van der Waals surface area contributed by atoms with Crippen LogP contribution in [0, 0.1) is 17.3 Å². The maximum atomic E-state index is 5.80. The van der Waals surface area contributed by atoms with E-state index >= 15 is 0 Å². The summed E-state index contributed by atoms with van der Waals surface area (Å²) in [6.45, 7) is 0.562. The third kappa shape index (κ3) is 0.849. The summed E-state index contributed by atoms with van der Waals surface area (Å²) in [6, 6.07) is 0. The quantitative estimate of drug-likeness (QED) is 0.589. The van der Waals surface area contributed by atoms with E-state index in [-0.39, 0.29) is 0 Å². The van der Waals surface area contributed by atoms with Crippen LogP contribution in [0.1, 0.15) is 38.5 Å². The van der Waals surface area contributed by atoms with Gasteiger partial charge in [-0.2, -0.15) is 0 Å². The Labute approximate surface area is 85.0 Å². The van der Waals surface area contributed by atoms with Crippen molar-refractivity contribution in [1.29, 1.82) is 0 Å². The average Bonchev–Trinajstić information content (AvgIpc) is 2.89. The SMILES string of the molecule is C1OC2CCC34CCC(CC3C2O1)C4. The molecule has 4 rings (SSSR count). The lowest BCUT2D eigenvalue weighted by molar-refractivity contribution is -0.0317. The van der Waals surface area contributed by atoms with Gasteiger partial charge in [-0.1, -0.05) is 0 Å². The number of rotatable bonds is 0. The van der Waals surface area contributed by atoms with Crippen molar-refractivity contribution in [3.63, 3.8) is 0 Å². The molecule has 0 aromatic carbocycles. The fourth-order valence-electron chi connectivity index (χ4n) is 4.77. The van der Waals surface area contributed by atoms with Crippen molar-refractivity contribution in [3.8, 4) is 0 Å². The Morgan fingerprint density at radius 3 is 2.93 bits per heavy atom. The Morgan fingerprint density at radius 1 is 1.07 bits per heavy atom. The summed E-state index contributed by atoms with van der Waals surface area (Å²) >= 11 is 0.